The molecule has 3 aromatic rings. The van der Waals surface area contributed by atoms with E-state index in [0.717, 1.165) is 18.4 Å². The van der Waals surface area contributed by atoms with Crippen LogP contribution in [0.4, 0.5) is 4.39 Å². The van der Waals surface area contributed by atoms with Crippen LogP contribution in [-0.4, -0.2) is 22.6 Å². The van der Waals surface area contributed by atoms with Crippen molar-refractivity contribution in [2.45, 2.75) is 18.3 Å². The van der Waals surface area contributed by atoms with E-state index in [1.165, 1.54) is 30.3 Å². The predicted octanol–water partition coefficient (Wildman–Crippen LogP) is 2.47. The Kier molecular flexibility index (Phi) is 4.11. The summed E-state index contributed by atoms with van der Waals surface area (Å²) < 4.78 is 13.3. The number of benzene rings is 2. The van der Waals surface area contributed by atoms with Gasteiger partial charge in [-0.3, -0.25) is 24.6 Å². The van der Waals surface area contributed by atoms with Gasteiger partial charge in [0.25, 0.3) is 17.0 Å². The van der Waals surface area contributed by atoms with Crippen molar-refractivity contribution in [2.75, 3.05) is 6.54 Å². The van der Waals surface area contributed by atoms with E-state index in [2.05, 4.69) is 15.5 Å². The average Bonchev–Trinajstić information content (AvgIpc) is 3.43. The third kappa shape index (κ3) is 3.14. The number of carbonyl (C=O) groups excluding carboxylic acids is 1. The Labute approximate surface area is 157 Å². The molecule has 8 heteroatoms. The Bertz CT molecular complexity index is 1180. The van der Waals surface area contributed by atoms with Crippen LogP contribution in [0, 0.1) is 5.82 Å². The van der Waals surface area contributed by atoms with Crippen molar-refractivity contribution < 1.29 is 9.18 Å². The van der Waals surface area contributed by atoms with E-state index in [1.807, 2.05) is 0 Å². The van der Waals surface area contributed by atoms with Crippen LogP contribution < -0.4 is 16.4 Å². The normalized spacial score (nSPS) is 14.9. The van der Waals surface area contributed by atoms with Gasteiger partial charge in [0.15, 0.2) is 0 Å². The molecule has 1 aromatic heterocycles. The number of carbonyl (C=O) groups is 1. The monoisotopic (exact) mass is 387 g/mol. The molecule has 0 unspecified atom stereocenters. The summed E-state index contributed by atoms with van der Waals surface area (Å²) >= 11 is 6.16. The Hall–Kier alpha value is -2.93. The topological polar surface area (TPSA) is 94.8 Å². The van der Waals surface area contributed by atoms with E-state index in [0.29, 0.717) is 11.6 Å². The molecule has 1 aliphatic carbocycles. The molecule has 0 bridgehead atoms. The van der Waals surface area contributed by atoms with Crippen molar-refractivity contribution in [3.05, 3.63) is 79.1 Å². The van der Waals surface area contributed by atoms with Crippen molar-refractivity contribution in [3.63, 3.8) is 0 Å². The van der Waals surface area contributed by atoms with Crippen molar-refractivity contribution >= 4 is 28.3 Å². The molecule has 1 aliphatic rings. The number of nitrogens with one attached hydrogen (secondary N) is 3. The fraction of sp³-hybridized carbons (Fsp3) is 0.211. The lowest BCUT2D eigenvalue weighted by molar-refractivity contribution is 0.0950. The van der Waals surface area contributed by atoms with E-state index in [-0.39, 0.29) is 27.7 Å². The highest BCUT2D eigenvalue weighted by Crippen LogP contribution is 2.50. The zero-order valence-corrected chi connectivity index (χ0v) is 14.8. The van der Waals surface area contributed by atoms with Crippen molar-refractivity contribution in [3.8, 4) is 0 Å². The standard InChI is InChI=1S/C19H15ClFN3O3/c20-15-8-11(21)2-4-14(15)19(5-6-19)9-22-16(25)10-1-3-12-13(7-10)18(27)24-23-17(12)26/h1-4,7-8H,5-6,9H2,(H,22,25)(H,23,26)(H,24,27). The van der Waals surface area contributed by atoms with E-state index in [9.17, 15) is 18.8 Å². The molecule has 1 fully saturated rings. The maximum atomic E-state index is 13.3. The molecule has 3 N–H and O–H groups in total. The van der Waals surface area contributed by atoms with Crippen LogP contribution in [0.3, 0.4) is 0 Å². The van der Waals surface area contributed by atoms with Crippen molar-refractivity contribution in [2.24, 2.45) is 0 Å². The van der Waals surface area contributed by atoms with Crippen LogP contribution in [0.15, 0.2) is 46.0 Å². The minimum Gasteiger partial charge on any atom is -0.351 e. The minimum absolute atomic E-state index is 0.147. The molecule has 0 spiro atoms. The Morgan fingerprint density at radius 2 is 1.78 bits per heavy atom. The molecule has 0 radical (unpaired) electrons. The van der Waals surface area contributed by atoms with Gasteiger partial charge in [-0.1, -0.05) is 17.7 Å². The van der Waals surface area contributed by atoms with Crippen molar-refractivity contribution in [1.82, 2.24) is 15.5 Å². The van der Waals surface area contributed by atoms with E-state index in [4.69, 9.17) is 11.6 Å². The van der Waals surface area contributed by atoms with Gasteiger partial charge in [-0.25, -0.2) is 4.39 Å². The number of amides is 1. The fourth-order valence-corrected chi connectivity index (χ4v) is 3.65. The predicted molar refractivity (Wildman–Crippen MR) is 99.8 cm³/mol. The third-order valence-corrected chi connectivity index (χ3v) is 5.32. The fourth-order valence-electron chi connectivity index (χ4n) is 3.28. The lowest BCUT2D eigenvalue weighted by Gasteiger charge is -2.18. The van der Waals surface area contributed by atoms with Gasteiger partial charge in [0.1, 0.15) is 5.82 Å². The van der Waals surface area contributed by atoms with Gasteiger partial charge in [0.2, 0.25) is 0 Å². The summed E-state index contributed by atoms with van der Waals surface area (Å²) in [5.41, 5.74) is -0.117. The lowest BCUT2D eigenvalue weighted by atomic mass is 9.95. The van der Waals surface area contributed by atoms with Crippen LogP contribution >= 0.6 is 11.6 Å². The minimum atomic E-state index is -0.476. The number of aromatic nitrogens is 2. The van der Waals surface area contributed by atoms with Crippen molar-refractivity contribution in [1.29, 1.82) is 0 Å². The maximum absolute atomic E-state index is 13.3. The third-order valence-electron chi connectivity index (χ3n) is 5.00. The molecule has 1 amide bonds. The summed E-state index contributed by atoms with van der Waals surface area (Å²) in [6, 6.07) is 8.61. The zero-order chi connectivity index (χ0) is 19.2. The number of hydrogen-bond acceptors (Lipinski definition) is 3. The smallest absolute Gasteiger partial charge is 0.270 e. The molecule has 6 nitrogen and oxygen atoms in total. The zero-order valence-electron chi connectivity index (χ0n) is 14.1. The molecule has 1 heterocycles. The molecule has 0 saturated heterocycles. The van der Waals surface area contributed by atoms with Crippen LogP contribution in [0.25, 0.3) is 10.8 Å². The highest BCUT2D eigenvalue weighted by Gasteiger charge is 2.45. The maximum Gasteiger partial charge on any atom is 0.270 e. The largest absolute Gasteiger partial charge is 0.351 e. The Balaban J connectivity index is 1.56. The molecule has 4 rings (SSSR count). The first-order valence-corrected chi connectivity index (χ1v) is 8.76. The summed E-state index contributed by atoms with van der Waals surface area (Å²) in [6.45, 7) is 0.348. The molecular weight excluding hydrogens is 373 g/mol. The Morgan fingerprint density at radius 1 is 1.07 bits per heavy atom. The van der Waals surface area contributed by atoms with Crippen LogP contribution in [0.1, 0.15) is 28.8 Å². The highest BCUT2D eigenvalue weighted by atomic mass is 35.5. The number of rotatable bonds is 4. The first-order valence-electron chi connectivity index (χ1n) is 8.38. The molecule has 1 saturated carbocycles. The van der Waals surface area contributed by atoms with Gasteiger partial charge in [0, 0.05) is 22.5 Å². The quantitative estimate of drug-likeness (QED) is 0.641. The van der Waals surface area contributed by atoms with Crippen LogP contribution in [0.5, 0.6) is 0 Å². The highest BCUT2D eigenvalue weighted by molar-refractivity contribution is 6.31. The second kappa shape index (κ2) is 6.35. The van der Waals surface area contributed by atoms with Gasteiger partial charge < -0.3 is 5.32 Å². The van der Waals surface area contributed by atoms with Crippen LogP contribution in [0.2, 0.25) is 5.02 Å². The Morgan fingerprint density at radius 3 is 2.44 bits per heavy atom. The SMILES string of the molecule is O=C(NCC1(c2ccc(F)cc2Cl)CC1)c1ccc2c(=O)[nH][nH]c(=O)c2c1. The molecule has 0 aliphatic heterocycles. The molecule has 138 valence electrons. The lowest BCUT2D eigenvalue weighted by Crippen LogP contribution is -2.32. The molecule has 0 atom stereocenters. The van der Waals surface area contributed by atoms with Gasteiger partial charge in [-0.05, 0) is 48.7 Å². The van der Waals surface area contributed by atoms with Gasteiger partial charge in [-0.2, -0.15) is 0 Å². The number of aromatic amines is 2. The number of fused-ring (bicyclic) bond motifs is 1. The summed E-state index contributed by atoms with van der Waals surface area (Å²) in [7, 11) is 0. The van der Waals surface area contributed by atoms with E-state index < -0.39 is 16.9 Å². The second-order valence-corrected chi connectivity index (χ2v) is 7.16. The van der Waals surface area contributed by atoms with Gasteiger partial charge in [0.05, 0.1) is 10.8 Å². The number of halogens is 2. The molecular formula is C19H15ClFN3O3. The first-order chi connectivity index (χ1) is 12.9. The second-order valence-electron chi connectivity index (χ2n) is 6.76. The van der Waals surface area contributed by atoms with E-state index in [1.54, 1.807) is 6.07 Å². The number of hydrogen-bond donors (Lipinski definition) is 3. The molecule has 2 aromatic carbocycles. The summed E-state index contributed by atoms with van der Waals surface area (Å²) in [5, 5.41) is 8.04. The molecule has 27 heavy (non-hydrogen) atoms. The van der Waals surface area contributed by atoms with Gasteiger partial charge in [-0.15, -0.1) is 0 Å². The average molecular weight is 388 g/mol. The summed E-state index contributed by atoms with van der Waals surface area (Å²) in [5.74, 6) is -0.763. The first kappa shape index (κ1) is 17.5. The van der Waals surface area contributed by atoms with E-state index >= 15 is 0 Å². The van der Waals surface area contributed by atoms with Gasteiger partial charge >= 0.3 is 0 Å². The summed E-state index contributed by atoms with van der Waals surface area (Å²) in [4.78, 5) is 36.1. The van der Waals surface area contributed by atoms with Crippen LogP contribution in [-0.2, 0) is 5.41 Å². The summed E-state index contributed by atoms with van der Waals surface area (Å²) in [6.07, 6.45) is 1.68. The number of H-pyrrole nitrogens is 2.